The molecule has 3 aromatic rings. The molecule has 0 spiro atoms. The quantitative estimate of drug-likeness (QED) is 0.681. The van der Waals surface area contributed by atoms with E-state index >= 15 is 0 Å². The molecule has 1 amide bonds. The number of carbonyl (C=O) groups excluding carboxylic acids is 1. The number of benzene rings is 2. The summed E-state index contributed by atoms with van der Waals surface area (Å²) in [6, 6.07) is 16.9. The van der Waals surface area contributed by atoms with Crippen molar-refractivity contribution in [1.29, 1.82) is 0 Å². The van der Waals surface area contributed by atoms with Crippen molar-refractivity contribution in [3.63, 3.8) is 0 Å². The zero-order valence-electron chi connectivity index (χ0n) is 13.2. The number of aryl methyl sites for hydroxylation is 1. The van der Waals surface area contributed by atoms with E-state index in [1.165, 1.54) is 27.8 Å². The molecule has 1 unspecified atom stereocenters. The first kappa shape index (κ1) is 16.6. The number of nitrogens with two attached hydrogens (primary N) is 1. The minimum atomic E-state index is -0.318. The summed E-state index contributed by atoms with van der Waals surface area (Å²) in [4.78, 5) is 14.7. The van der Waals surface area contributed by atoms with Crippen molar-refractivity contribution in [2.75, 3.05) is 6.54 Å². The minimum Gasteiger partial charge on any atom is -0.369 e. The zero-order valence-corrected chi connectivity index (χ0v) is 14.0. The minimum absolute atomic E-state index is 0. The summed E-state index contributed by atoms with van der Waals surface area (Å²) in [5.41, 5.74) is 11.5. The number of rotatable bonds is 4. The second-order valence-electron chi connectivity index (χ2n) is 6.05. The Morgan fingerprint density at radius 3 is 2.71 bits per heavy atom. The Balaban J connectivity index is 0.00000169. The number of halogens is 1. The van der Waals surface area contributed by atoms with Crippen LogP contribution in [0.15, 0.2) is 48.5 Å². The highest BCUT2D eigenvalue weighted by molar-refractivity contribution is 5.94. The van der Waals surface area contributed by atoms with Crippen LogP contribution in [0.2, 0.25) is 0 Å². The molecule has 1 aromatic heterocycles. The molecule has 1 aliphatic rings. The molecular weight excluding hydrogens is 322 g/mol. The highest BCUT2D eigenvalue weighted by Gasteiger charge is 2.25. The summed E-state index contributed by atoms with van der Waals surface area (Å²) in [7, 11) is 0. The Morgan fingerprint density at radius 2 is 1.96 bits per heavy atom. The van der Waals surface area contributed by atoms with Crippen molar-refractivity contribution in [3.8, 4) is 11.3 Å². The highest BCUT2D eigenvalue weighted by Crippen LogP contribution is 2.40. The van der Waals surface area contributed by atoms with Crippen LogP contribution in [0.4, 0.5) is 0 Å². The van der Waals surface area contributed by atoms with Gasteiger partial charge >= 0.3 is 0 Å². The second kappa shape index (κ2) is 6.67. The number of hydrogen-bond acceptors (Lipinski definition) is 2. The third-order valence-corrected chi connectivity index (χ3v) is 4.60. The van der Waals surface area contributed by atoms with Crippen LogP contribution in [0, 0.1) is 0 Å². The van der Waals surface area contributed by atoms with E-state index in [4.69, 9.17) is 5.73 Å². The van der Waals surface area contributed by atoms with Gasteiger partial charge in [0.2, 0.25) is 5.91 Å². The summed E-state index contributed by atoms with van der Waals surface area (Å²) in [6.45, 7) is 0.215. The Morgan fingerprint density at radius 1 is 1.17 bits per heavy atom. The molecule has 1 aliphatic carbocycles. The van der Waals surface area contributed by atoms with Gasteiger partial charge in [0.15, 0.2) is 0 Å². The average molecular weight is 342 g/mol. The van der Waals surface area contributed by atoms with E-state index in [0.717, 1.165) is 18.4 Å². The summed E-state index contributed by atoms with van der Waals surface area (Å²) >= 11 is 0. The molecule has 0 bridgehead atoms. The number of amides is 1. The van der Waals surface area contributed by atoms with Crippen LogP contribution in [0.25, 0.3) is 22.2 Å². The fraction of sp³-hybridized carbons (Fsp3) is 0.211. The van der Waals surface area contributed by atoms with Gasteiger partial charge in [-0.1, -0.05) is 42.5 Å². The first-order valence-electron chi connectivity index (χ1n) is 7.94. The van der Waals surface area contributed by atoms with Crippen LogP contribution < -0.4 is 11.1 Å². The third kappa shape index (κ3) is 2.79. The fourth-order valence-electron chi connectivity index (χ4n) is 3.62. The van der Waals surface area contributed by atoms with Crippen molar-refractivity contribution >= 4 is 29.2 Å². The average Bonchev–Trinajstić information content (AvgIpc) is 2.95. The maximum Gasteiger partial charge on any atom is 0.231 e. The molecule has 4 rings (SSSR count). The van der Waals surface area contributed by atoms with Gasteiger partial charge in [-0.05, 0) is 35.6 Å². The number of aromatic amines is 1. The van der Waals surface area contributed by atoms with Crippen LogP contribution in [0.3, 0.4) is 0 Å². The SMILES string of the molecule is Cl.NC(=O)CNC1CCc2c(-c3ccccc3)[nH]c3cccc1c23. The Bertz CT molecular complexity index is 873. The number of nitrogens with one attached hydrogen (secondary N) is 2. The van der Waals surface area contributed by atoms with E-state index in [0.29, 0.717) is 0 Å². The largest absolute Gasteiger partial charge is 0.369 e. The lowest BCUT2D eigenvalue weighted by molar-refractivity contribution is -0.117. The second-order valence-corrected chi connectivity index (χ2v) is 6.05. The molecule has 4 nitrogen and oxygen atoms in total. The number of primary amides is 1. The van der Waals surface area contributed by atoms with Gasteiger partial charge in [0.1, 0.15) is 0 Å². The van der Waals surface area contributed by atoms with Gasteiger partial charge in [0, 0.05) is 22.6 Å². The molecule has 5 heteroatoms. The maximum atomic E-state index is 11.1. The monoisotopic (exact) mass is 341 g/mol. The number of aromatic nitrogens is 1. The predicted octanol–water partition coefficient (Wildman–Crippen LogP) is 3.32. The van der Waals surface area contributed by atoms with E-state index in [1.807, 2.05) is 6.07 Å². The summed E-state index contributed by atoms with van der Waals surface area (Å²) < 4.78 is 0. The van der Waals surface area contributed by atoms with Gasteiger partial charge in [-0.3, -0.25) is 4.79 Å². The fourth-order valence-corrected chi connectivity index (χ4v) is 3.62. The van der Waals surface area contributed by atoms with Gasteiger partial charge in [0.05, 0.1) is 6.54 Å². The molecule has 0 saturated carbocycles. The maximum absolute atomic E-state index is 11.1. The Labute approximate surface area is 146 Å². The zero-order chi connectivity index (χ0) is 15.8. The summed E-state index contributed by atoms with van der Waals surface area (Å²) in [5, 5.41) is 4.57. The lowest BCUT2D eigenvalue weighted by Crippen LogP contribution is -2.33. The highest BCUT2D eigenvalue weighted by atomic mass is 35.5. The van der Waals surface area contributed by atoms with E-state index in [2.05, 4.69) is 52.8 Å². The number of hydrogen-bond donors (Lipinski definition) is 3. The molecule has 2 aromatic carbocycles. The summed E-state index contributed by atoms with van der Waals surface area (Å²) in [6.07, 6.45) is 1.95. The molecule has 0 fully saturated rings. The van der Waals surface area contributed by atoms with E-state index in [9.17, 15) is 4.79 Å². The standard InChI is InChI=1S/C19H19N3O.ClH/c20-17(23)11-21-15-10-9-14-18-13(15)7-4-8-16(18)22-19(14)12-5-2-1-3-6-12;/h1-8,15,21-22H,9-11H2,(H2,20,23);1H. The Kier molecular flexibility index (Phi) is 4.60. The molecule has 1 heterocycles. The lowest BCUT2D eigenvalue weighted by Gasteiger charge is -2.24. The van der Waals surface area contributed by atoms with E-state index in [1.54, 1.807) is 0 Å². The topological polar surface area (TPSA) is 70.9 Å². The Hall–Kier alpha value is -2.30. The van der Waals surface area contributed by atoms with Crippen LogP contribution in [0.1, 0.15) is 23.6 Å². The van der Waals surface area contributed by atoms with Crippen molar-refractivity contribution < 1.29 is 4.79 Å². The van der Waals surface area contributed by atoms with Crippen LogP contribution >= 0.6 is 12.4 Å². The first-order chi connectivity index (χ1) is 11.2. The van der Waals surface area contributed by atoms with Crippen molar-refractivity contribution in [2.24, 2.45) is 5.73 Å². The smallest absolute Gasteiger partial charge is 0.231 e. The van der Waals surface area contributed by atoms with Crippen molar-refractivity contribution in [3.05, 3.63) is 59.7 Å². The normalized spacial score (nSPS) is 15.9. The number of carbonyl (C=O) groups is 1. The molecule has 24 heavy (non-hydrogen) atoms. The van der Waals surface area contributed by atoms with Crippen molar-refractivity contribution in [2.45, 2.75) is 18.9 Å². The third-order valence-electron chi connectivity index (χ3n) is 4.60. The van der Waals surface area contributed by atoms with Crippen LogP contribution in [-0.4, -0.2) is 17.4 Å². The van der Waals surface area contributed by atoms with Gasteiger partial charge in [-0.15, -0.1) is 12.4 Å². The van der Waals surface area contributed by atoms with Gasteiger partial charge in [-0.2, -0.15) is 0 Å². The first-order valence-corrected chi connectivity index (χ1v) is 7.94. The molecule has 1 atom stereocenters. The van der Waals surface area contributed by atoms with Crippen molar-refractivity contribution in [1.82, 2.24) is 10.3 Å². The molecule has 0 radical (unpaired) electrons. The molecular formula is C19H20ClN3O. The molecule has 0 saturated heterocycles. The van der Waals surface area contributed by atoms with Crippen LogP contribution in [0.5, 0.6) is 0 Å². The van der Waals surface area contributed by atoms with Gasteiger partial charge < -0.3 is 16.0 Å². The molecule has 4 N–H and O–H groups in total. The molecule has 124 valence electrons. The number of H-pyrrole nitrogens is 1. The van der Waals surface area contributed by atoms with Crippen LogP contribution in [-0.2, 0) is 11.2 Å². The van der Waals surface area contributed by atoms with E-state index < -0.39 is 0 Å². The van der Waals surface area contributed by atoms with Gasteiger partial charge in [-0.25, -0.2) is 0 Å². The van der Waals surface area contributed by atoms with E-state index in [-0.39, 0.29) is 30.9 Å². The molecule has 0 aliphatic heterocycles. The van der Waals surface area contributed by atoms with Gasteiger partial charge in [0.25, 0.3) is 0 Å². The lowest BCUT2D eigenvalue weighted by atomic mass is 9.87. The predicted molar refractivity (Wildman–Crippen MR) is 99.2 cm³/mol. The summed E-state index contributed by atoms with van der Waals surface area (Å²) in [5.74, 6) is -0.318.